The summed E-state index contributed by atoms with van der Waals surface area (Å²) < 4.78 is 16.1. The Balaban J connectivity index is 1.25. The van der Waals surface area contributed by atoms with Crippen molar-refractivity contribution in [1.82, 2.24) is 29.5 Å². The number of halogens is 1. The fourth-order valence-electron chi connectivity index (χ4n) is 4.39. The minimum Gasteiger partial charge on any atom is -0.322 e. The monoisotopic (exact) mass is 538 g/mol. The van der Waals surface area contributed by atoms with Crippen LogP contribution in [0.5, 0.6) is 0 Å². The number of likely N-dealkylation sites (N-methyl/N-ethyl adjacent to an activating group) is 1. The maximum absolute atomic E-state index is 14.4. The maximum atomic E-state index is 14.4. The highest BCUT2D eigenvalue weighted by atomic mass is 19.1. The van der Waals surface area contributed by atoms with Gasteiger partial charge in [-0.05, 0) is 55.4 Å². The van der Waals surface area contributed by atoms with Crippen LogP contribution < -0.4 is 10.6 Å². The number of piperazine rings is 1. The number of nitrogens with zero attached hydrogens (tertiary/aromatic N) is 6. The van der Waals surface area contributed by atoms with Crippen molar-refractivity contribution in [3.05, 3.63) is 94.8 Å². The van der Waals surface area contributed by atoms with Crippen LogP contribution in [0.1, 0.15) is 32.6 Å². The largest absolute Gasteiger partial charge is 0.322 e. The molecule has 204 valence electrons. The van der Waals surface area contributed by atoms with Gasteiger partial charge in [0.2, 0.25) is 5.95 Å². The van der Waals surface area contributed by atoms with Crippen molar-refractivity contribution in [2.75, 3.05) is 43.9 Å². The highest BCUT2D eigenvalue weighted by molar-refractivity contribution is 6.04. The minimum absolute atomic E-state index is 0.326. The van der Waals surface area contributed by atoms with Gasteiger partial charge in [-0.3, -0.25) is 14.4 Å². The molecule has 2 N–H and O–H groups in total. The summed E-state index contributed by atoms with van der Waals surface area (Å²) in [7, 11) is 3.93. The van der Waals surface area contributed by atoms with Crippen LogP contribution in [0.3, 0.4) is 0 Å². The van der Waals surface area contributed by atoms with E-state index in [1.54, 1.807) is 35.4 Å². The van der Waals surface area contributed by atoms with Crippen molar-refractivity contribution < 1.29 is 9.18 Å². The van der Waals surface area contributed by atoms with Gasteiger partial charge in [0.25, 0.3) is 5.91 Å². The molecule has 1 saturated heterocycles. The molecule has 10 heteroatoms. The molecular weight excluding hydrogens is 507 g/mol. The van der Waals surface area contributed by atoms with Gasteiger partial charge in [0.15, 0.2) is 0 Å². The first-order chi connectivity index (χ1) is 19.3. The fourth-order valence-corrected chi connectivity index (χ4v) is 4.39. The third-order valence-electron chi connectivity index (χ3n) is 6.67. The predicted octanol–water partition coefficient (Wildman–Crippen LogP) is 3.80. The smallest absolute Gasteiger partial charge is 0.255 e. The highest BCUT2D eigenvalue weighted by Crippen LogP contribution is 2.19. The van der Waals surface area contributed by atoms with Gasteiger partial charge in [0.05, 0.1) is 17.4 Å². The predicted molar refractivity (Wildman–Crippen MR) is 153 cm³/mol. The fraction of sp³-hybridized carbons (Fsp3) is 0.267. The Morgan fingerprint density at radius 2 is 1.75 bits per heavy atom. The number of rotatable bonds is 6. The molecule has 1 aliphatic rings. The zero-order chi connectivity index (χ0) is 28.1. The van der Waals surface area contributed by atoms with E-state index in [-0.39, 0.29) is 11.7 Å². The van der Waals surface area contributed by atoms with E-state index in [1.165, 1.54) is 12.1 Å². The first-order valence-electron chi connectivity index (χ1n) is 13.0. The molecule has 0 spiro atoms. The average Bonchev–Trinajstić information content (AvgIpc) is 3.34. The lowest BCUT2D eigenvalue weighted by atomic mass is 10.0. The minimum atomic E-state index is -0.374. The van der Waals surface area contributed by atoms with E-state index >= 15 is 0 Å². The maximum Gasteiger partial charge on any atom is 0.255 e. The molecule has 2 aromatic heterocycles. The van der Waals surface area contributed by atoms with E-state index in [2.05, 4.69) is 54.4 Å². The molecule has 40 heavy (non-hydrogen) atoms. The van der Waals surface area contributed by atoms with E-state index in [0.717, 1.165) is 43.0 Å². The second-order valence-electron chi connectivity index (χ2n) is 9.98. The van der Waals surface area contributed by atoms with E-state index < -0.39 is 0 Å². The molecule has 0 unspecified atom stereocenters. The lowest BCUT2D eigenvalue weighted by Gasteiger charge is -2.32. The van der Waals surface area contributed by atoms with Gasteiger partial charge >= 0.3 is 0 Å². The van der Waals surface area contributed by atoms with E-state index in [0.29, 0.717) is 34.9 Å². The summed E-state index contributed by atoms with van der Waals surface area (Å²) in [6, 6.07) is 10.0. The Labute approximate surface area is 233 Å². The summed E-state index contributed by atoms with van der Waals surface area (Å²) in [5, 5.41) is 10.0. The lowest BCUT2D eigenvalue weighted by Crippen LogP contribution is -2.43. The van der Waals surface area contributed by atoms with Crippen LogP contribution in [0.25, 0.3) is 0 Å². The van der Waals surface area contributed by atoms with Crippen molar-refractivity contribution in [2.24, 2.45) is 7.05 Å². The molecular formula is C30H31FN8O. The normalized spacial score (nSPS) is 13.9. The van der Waals surface area contributed by atoms with Crippen LogP contribution in [0.15, 0.2) is 61.2 Å². The van der Waals surface area contributed by atoms with Crippen molar-refractivity contribution in [1.29, 1.82) is 0 Å². The van der Waals surface area contributed by atoms with Gasteiger partial charge in [-0.2, -0.15) is 5.10 Å². The Hall–Kier alpha value is -4.59. The summed E-state index contributed by atoms with van der Waals surface area (Å²) in [6.45, 7) is 6.41. The molecule has 5 rings (SSSR count). The molecule has 9 nitrogen and oxygen atoms in total. The van der Waals surface area contributed by atoms with Gasteiger partial charge in [-0.25, -0.2) is 14.4 Å². The first kappa shape index (κ1) is 27.0. The average molecular weight is 539 g/mol. The zero-order valence-electron chi connectivity index (χ0n) is 22.8. The van der Waals surface area contributed by atoms with E-state index in [9.17, 15) is 9.18 Å². The Kier molecular flexibility index (Phi) is 8.15. The second kappa shape index (κ2) is 12.1. The highest BCUT2D eigenvalue weighted by Gasteiger charge is 2.15. The van der Waals surface area contributed by atoms with Crippen LogP contribution in [0, 0.1) is 24.6 Å². The third kappa shape index (κ3) is 7.08. The van der Waals surface area contributed by atoms with Crippen molar-refractivity contribution >= 4 is 23.2 Å². The topological polar surface area (TPSA) is 91.2 Å². The molecule has 0 bridgehead atoms. The summed E-state index contributed by atoms with van der Waals surface area (Å²) in [4.78, 5) is 26.2. The number of anilines is 3. The number of benzene rings is 2. The quantitative estimate of drug-likeness (QED) is 0.361. The SMILES string of the molecule is Cc1ccc(C(=O)Nc2cc(F)cc(CN3CCN(C)CC3)c2)cc1C#Cc1cnc(Nc2cnn(C)c2)nc1. The van der Waals surface area contributed by atoms with Crippen molar-refractivity contribution in [3.8, 4) is 11.8 Å². The number of carbonyl (C=O) groups is 1. The number of aryl methyl sites for hydroxylation is 2. The molecule has 1 amide bonds. The molecule has 0 aliphatic carbocycles. The second-order valence-corrected chi connectivity index (χ2v) is 9.98. The molecule has 0 atom stereocenters. The molecule has 3 heterocycles. The third-order valence-corrected chi connectivity index (χ3v) is 6.67. The van der Waals surface area contributed by atoms with Crippen molar-refractivity contribution in [3.63, 3.8) is 0 Å². The molecule has 1 fully saturated rings. The molecule has 1 aliphatic heterocycles. The number of hydrogen-bond acceptors (Lipinski definition) is 7. The number of hydrogen-bond donors (Lipinski definition) is 2. The standard InChI is InChI=1S/C30H31FN8O/c1-21-4-6-25(14-24(21)7-5-22-16-32-30(33-17-22)36-28-18-34-38(3)20-28)29(40)35-27-13-23(12-26(31)15-27)19-39-10-8-37(2)9-11-39/h4,6,12-18,20H,8-11,19H2,1-3H3,(H,35,40)(H,32,33,36). The summed E-state index contributed by atoms with van der Waals surface area (Å²) in [5.41, 5.74) is 4.76. The number of amides is 1. The van der Waals surface area contributed by atoms with E-state index in [4.69, 9.17) is 0 Å². The Bertz CT molecular complexity index is 1560. The van der Waals surface area contributed by atoms with Gasteiger partial charge < -0.3 is 15.5 Å². The molecule has 0 radical (unpaired) electrons. The zero-order valence-corrected chi connectivity index (χ0v) is 22.8. The van der Waals surface area contributed by atoms with Crippen LogP contribution in [-0.2, 0) is 13.6 Å². The van der Waals surface area contributed by atoms with Gasteiger partial charge in [-0.1, -0.05) is 17.9 Å². The van der Waals surface area contributed by atoms with Crippen molar-refractivity contribution in [2.45, 2.75) is 13.5 Å². The number of aromatic nitrogens is 4. The Morgan fingerprint density at radius 3 is 2.48 bits per heavy atom. The lowest BCUT2D eigenvalue weighted by molar-refractivity contribution is 0.102. The van der Waals surface area contributed by atoms with E-state index in [1.807, 2.05) is 32.3 Å². The number of carbonyl (C=O) groups excluding carboxylic acids is 1. The van der Waals surface area contributed by atoms with Crippen LogP contribution >= 0.6 is 0 Å². The molecule has 0 saturated carbocycles. The first-order valence-corrected chi connectivity index (χ1v) is 13.0. The Morgan fingerprint density at radius 1 is 0.975 bits per heavy atom. The van der Waals surface area contributed by atoms with Gasteiger partial charge in [0.1, 0.15) is 5.82 Å². The summed E-state index contributed by atoms with van der Waals surface area (Å²) in [6.07, 6.45) is 6.78. The van der Waals surface area contributed by atoms with Crippen LogP contribution in [-0.4, -0.2) is 68.7 Å². The van der Waals surface area contributed by atoms with Gasteiger partial charge in [0, 0.05) is 75.2 Å². The molecule has 4 aromatic rings. The summed E-state index contributed by atoms with van der Waals surface area (Å²) in [5.74, 6) is 5.92. The summed E-state index contributed by atoms with van der Waals surface area (Å²) >= 11 is 0. The van der Waals surface area contributed by atoms with Crippen LogP contribution in [0.4, 0.5) is 21.7 Å². The number of nitrogens with one attached hydrogen (secondary N) is 2. The molecule has 2 aromatic carbocycles. The van der Waals surface area contributed by atoms with Crippen LogP contribution in [0.2, 0.25) is 0 Å². The van der Waals surface area contributed by atoms with Gasteiger partial charge in [-0.15, -0.1) is 0 Å².